The molecular formula is C9H19ClN2O2. The van der Waals surface area contributed by atoms with Gasteiger partial charge in [0.2, 0.25) is 0 Å². The van der Waals surface area contributed by atoms with Crippen LogP contribution in [0.25, 0.3) is 0 Å². The molecule has 0 aromatic carbocycles. The molecule has 0 saturated carbocycles. The van der Waals surface area contributed by atoms with Gasteiger partial charge in [0.25, 0.3) is 0 Å². The van der Waals surface area contributed by atoms with Crippen LogP contribution in [0.3, 0.4) is 0 Å². The molecule has 0 aliphatic carbocycles. The highest BCUT2D eigenvalue weighted by Crippen LogP contribution is 2.07. The first-order valence-corrected chi connectivity index (χ1v) is 4.71. The molecule has 84 valence electrons. The van der Waals surface area contributed by atoms with E-state index in [1.807, 2.05) is 17.3 Å². The van der Waals surface area contributed by atoms with Gasteiger partial charge < -0.3 is 20.0 Å². The van der Waals surface area contributed by atoms with Gasteiger partial charge in [-0.1, -0.05) is 6.92 Å². The Balaban J connectivity index is 0.00000169. The van der Waals surface area contributed by atoms with Gasteiger partial charge in [-0.3, -0.25) is 0 Å². The molecule has 1 aliphatic heterocycles. The van der Waals surface area contributed by atoms with Crippen LogP contribution in [0.15, 0.2) is 12.4 Å². The van der Waals surface area contributed by atoms with Crippen LogP contribution in [0.2, 0.25) is 0 Å². The second-order valence-electron chi connectivity index (χ2n) is 3.36. The summed E-state index contributed by atoms with van der Waals surface area (Å²) in [5.41, 5.74) is 0. The van der Waals surface area contributed by atoms with Gasteiger partial charge in [0, 0.05) is 25.5 Å². The summed E-state index contributed by atoms with van der Waals surface area (Å²) in [6, 6.07) is 0. The first-order valence-electron chi connectivity index (χ1n) is 4.71. The minimum atomic E-state index is -0.633. The van der Waals surface area contributed by atoms with E-state index >= 15 is 0 Å². The second-order valence-corrected chi connectivity index (χ2v) is 3.36. The summed E-state index contributed by atoms with van der Waals surface area (Å²) in [6.45, 7) is 4.34. The maximum Gasteiger partial charge on any atom is 0.0945 e. The van der Waals surface area contributed by atoms with Crippen molar-refractivity contribution in [3.8, 4) is 0 Å². The summed E-state index contributed by atoms with van der Waals surface area (Å²) in [5, 5.41) is 17.8. The standard InChI is InChI=1S/C9H18N2O2.ClH/c1-2-3-10-4-5-11(8-10)6-9(13)7-12;/h4-5,9,12-13H,2-3,6-8H2,1H3;1H. The number of β-amino-alcohol motifs (C(OH)–C–C–N with tert-alkyl or cyclic N) is 1. The molecule has 0 saturated heterocycles. The molecule has 5 heteroatoms. The monoisotopic (exact) mass is 222 g/mol. The maximum atomic E-state index is 9.19. The Morgan fingerprint density at radius 1 is 1.36 bits per heavy atom. The fourth-order valence-corrected chi connectivity index (χ4v) is 1.40. The highest BCUT2D eigenvalue weighted by molar-refractivity contribution is 5.85. The molecule has 0 aromatic heterocycles. The van der Waals surface area contributed by atoms with Gasteiger partial charge in [0.05, 0.1) is 19.4 Å². The fraction of sp³-hybridized carbons (Fsp3) is 0.778. The molecule has 1 aliphatic rings. The van der Waals surface area contributed by atoms with Crippen LogP contribution in [0, 0.1) is 0 Å². The van der Waals surface area contributed by atoms with Crippen LogP contribution >= 0.6 is 12.4 Å². The highest BCUT2D eigenvalue weighted by Gasteiger charge is 2.13. The van der Waals surface area contributed by atoms with E-state index in [4.69, 9.17) is 5.11 Å². The van der Waals surface area contributed by atoms with Gasteiger partial charge in [-0.05, 0) is 6.42 Å². The number of aliphatic hydroxyl groups excluding tert-OH is 2. The largest absolute Gasteiger partial charge is 0.394 e. The van der Waals surface area contributed by atoms with Crippen LogP contribution in [-0.2, 0) is 0 Å². The molecule has 0 amide bonds. The Bertz CT molecular complexity index is 178. The van der Waals surface area contributed by atoms with E-state index in [0.29, 0.717) is 6.54 Å². The summed E-state index contributed by atoms with van der Waals surface area (Å²) >= 11 is 0. The second kappa shape index (κ2) is 6.92. The summed E-state index contributed by atoms with van der Waals surface area (Å²) in [5.74, 6) is 0. The van der Waals surface area contributed by atoms with Gasteiger partial charge in [0.1, 0.15) is 0 Å². The van der Waals surface area contributed by atoms with E-state index in [1.165, 1.54) is 0 Å². The quantitative estimate of drug-likeness (QED) is 0.699. The summed E-state index contributed by atoms with van der Waals surface area (Å²) in [6.07, 6.45) is 4.47. The fourth-order valence-electron chi connectivity index (χ4n) is 1.40. The number of aliphatic hydroxyl groups is 2. The molecule has 0 radical (unpaired) electrons. The first kappa shape index (κ1) is 13.5. The Labute approximate surface area is 91.2 Å². The van der Waals surface area contributed by atoms with Gasteiger partial charge in [-0.25, -0.2) is 0 Å². The maximum absolute atomic E-state index is 9.19. The zero-order valence-electron chi connectivity index (χ0n) is 8.46. The van der Waals surface area contributed by atoms with E-state index in [9.17, 15) is 5.11 Å². The Morgan fingerprint density at radius 3 is 2.57 bits per heavy atom. The van der Waals surface area contributed by atoms with Crippen LogP contribution in [0.5, 0.6) is 0 Å². The molecule has 1 rings (SSSR count). The number of hydrogen-bond acceptors (Lipinski definition) is 4. The Hall–Kier alpha value is -0.450. The van der Waals surface area contributed by atoms with Crippen molar-refractivity contribution in [1.29, 1.82) is 0 Å². The van der Waals surface area contributed by atoms with E-state index in [1.54, 1.807) is 0 Å². The lowest BCUT2D eigenvalue weighted by molar-refractivity contribution is 0.0669. The van der Waals surface area contributed by atoms with Crippen molar-refractivity contribution in [2.24, 2.45) is 0 Å². The lowest BCUT2D eigenvalue weighted by atomic mass is 10.3. The predicted molar refractivity (Wildman–Crippen MR) is 58.1 cm³/mol. The highest BCUT2D eigenvalue weighted by atomic mass is 35.5. The lowest BCUT2D eigenvalue weighted by Gasteiger charge is -2.22. The van der Waals surface area contributed by atoms with Crippen molar-refractivity contribution in [2.75, 3.05) is 26.4 Å². The topological polar surface area (TPSA) is 46.9 Å². The predicted octanol–water partition coefficient (Wildman–Crippen LogP) is 0.218. The van der Waals surface area contributed by atoms with Gasteiger partial charge in [0.15, 0.2) is 0 Å². The average Bonchev–Trinajstić information content (AvgIpc) is 2.53. The zero-order chi connectivity index (χ0) is 9.68. The number of rotatable bonds is 5. The number of hydrogen-bond donors (Lipinski definition) is 2. The van der Waals surface area contributed by atoms with Crippen molar-refractivity contribution >= 4 is 12.4 Å². The molecule has 1 atom stereocenters. The summed E-state index contributed by atoms with van der Waals surface area (Å²) < 4.78 is 0. The molecular weight excluding hydrogens is 204 g/mol. The molecule has 0 aromatic rings. The van der Waals surface area contributed by atoms with Gasteiger partial charge >= 0.3 is 0 Å². The molecule has 0 bridgehead atoms. The molecule has 14 heavy (non-hydrogen) atoms. The van der Waals surface area contributed by atoms with Crippen molar-refractivity contribution < 1.29 is 10.2 Å². The molecule has 0 spiro atoms. The van der Waals surface area contributed by atoms with Crippen molar-refractivity contribution in [1.82, 2.24) is 9.80 Å². The van der Waals surface area contributed by atoms with Crippen LogP contribution < -0.4 is 0 Å². The van der Waals surface area contributed by atoms with E-state index < -0.39 is 6.10 Å². The van der Waals surface area contributed by atoms with Crippen LogP contribution in [0.1, 0.15) is 13.3 Å². The zero-order valence-corrected chi connectivity index (χ0v) is 9.28. The number of nitrogens with zero attached hydrogens (tertiary/aromatic N) is 2. The van der Waals surface area contributed by atoms with Gasteiger partial charge in [-0.15, -0.1) is 12.4 Å². The average molecular weight is 223 g/mol. The third-order valence-electron chi connectivity index (χ3n) is 2.02. The van der Waals surface area contributed by atoms with E-state index in [2.05, 4.69) is 11.8 Å². The summed E-state index contributed by atoms with van der Waals surface area (Å²) in [7, 11) is 0. The smallest absolute Gasteiger partial charge is 0.0945 e. The molecule has 1 heterocycles. The third-order valence-corrected chi connectivity index (χ3v) is 2.02. The molecule has 2 N–H and O–H groups in total. The first-order chi connectivity index (χ1) is 6.26. The van der Waals surface area contributed by atoms with Gasteiger partial charge in [-0.2, -0.15) is 0 Å². The summed E-state index contributed by atoms with van der Waals surface area (Å²) in [4.78, 5) is 4.18. The lowest BCUT2D eigenvalue weighted by Crippen LogP contribution is -2.33. The Morgan fingerprint density at radius 2 is 2.00 bits per heavy atom. The van der Waals surface area contributed by atoms with E-state index in [0.717, 1.165) is 19.6 Å². The van der Waals surface area contributed by atoms with E-state index in [-0.39, 0.29) is 19.0 Å². The number of halogens is 1. The molecule has 4 nitrogen and oxygen atoms in total. The molecule has 1 unspecified atom stereocenters. The van der Waals surface area contributed by atoms with Crippen molar-refractivity contribution in [2.45, 2.75) is 19.4 Å². The van der Waals surface area contributed by atoms with Crippen LogP contribution in [-0.4, -0.2) is 52.5 Å². The Kier molecular flexibility index (Phi) is 6.70. The van der Waals surface area contributed by atoms with Crippen LogP contribution in [0.4, 0.5) is 0 Å². The van der Waals surface area contributed by atoms with Crippen molar-refractivity contribution in [3.05, 3.63) is 12.4 Å². The van der Waals surface area contributed by atoms with Crippen molar-refractivity contribution in [3.63, 3.8) is 0 Å². The SMILES string of the molecule is CCCN1C=CN(CC(O)CO)C1.Cl. The normalized spacial score (nSPS) is 17.1. The minimum Gasteiger partial charge on any atom is -0.394 e. The minimum absolute atomic E-state index is 0. The third kappa shape index (κ3) is 4.17. The molecule has 0 fully saturated rings.